The molecular formula is C25H29NO. The summed E-state index contributed by atoms with van der Waals surface area (Å²) in [6, 6.07) is 27.8. The van der Waals surface area contributed by atoms with Crippen LogP contribution in [-0.4, -0.2) is 13.7 Å². The summed E-state index contributed by atoms with van der Waals surface area (Å²) in [5, 5.41) is 0. The number of hydrogen-bond donors (Lipinski definition) is 0. The molecule has 0 aromatic heterocycles. The van der Waals surface area contributed by atoms with Gasteiger partial charge in [0.05, 0.1) is 7.11 Å². The maximum absolute atomic E-state index is 5.30. The molecule has 2 heteroatoms. The number of anilines is 1. The Bertz CT molecular complexity index is 807. The average molecular weight is 360 g/mol. The Morgan fingerprint density at radius 1 is 0.778 bits per heavy atom. The van der Waals surface area contributed by atoms with Gasteiger partial charge in [-0.2, -0.15) is 0 Å². The van der Waals surface area contributed by atoms with E-state index in [9.17, 15) is 0 Å². The van der Waals surface area contributed by atoms with E-state index in [1.165, 1.54) is 28.8 Å². The number of ether oxygens (including phenoxy) is 1. The van der Waals surface area contributed by atoms with Crippen LogP contribution in [0.4, 0.5) is 5.69 Å². The van der Waals surface area contributed by atoms with E-state index >= 15 is 0 Å². The lowest BCUT2D eigenvalue weighted by atomic mass is 10.0. The lowest BCUT2D eigenvalue weighted by Gasteiger charge is -2.26. The Hall–Kier alpha value is -2.74. The molecule has 0 amide bonds. The molecular weight excluding hydrogens is 330 g/mol. The molecule has 0 spiro atoms. The summed E-state index contributed by atoms with van der Waals surface area (Å²) in [6.45, 7) is 6.51. The Labute approximate surface area is 163 Å². The van der Waals surface area contributed by atoms with Gasteiger partial charge in [0, 0.05) is 18.8 Å². The molecule has 0 unspecified atom stereocenters. The van der Waals surface area contributed by atoms with Crippen molar-refractivity contribution in [3.8, 4) is 16.9 Å². The van der Waals surface area contributed by atoms with E-state index in [0.717, 1.165) is 18.8 Å². The fraction of sp³-hybridized carbons (Fsp3) is 0.280. The Morgan fingerprint density at radius 3 is 2.00 bits per heavy atom. The number of hydrogen-bond acceptors (Lipinski definition) is 2. The summed E-state index contributed by atoms with van der Waals surface area (Å²) in [4.78, 5) is 2.46. The summed E-state index contributed by atoms with van der Waals surface area (Å²) >= 11 is 0. The van der Waals surface area contributed by atoms with Gasteiger partial charge in [-0.15, -0.1) is 0 Å². The molecule has 0 fully saturated rings. The van der Waals surface area contributed by atoms with Crippen molar-refractivity contribution in [2.24, 2.45) is 5.92 Å². The highest BCUT2D eigenvalue weighted by Gasteiger charge is 2.09. The van der Waals surface area contributed by atoms with E-state index in [-0.39, 0.29) is 0 Å². The molecule has 0 heterocycles. The fourth-order valence-electron chi connectivity index (χ4n) is 3.16. The minimum absolute atomic E-state index is 0.686. The minimum atomic E-state index is 0.686. The highest BCUT2D eigenvalue weighted by Crippen LogP contribution is 2.24. The van der Waals surface area contributed by atoms with Gasteiger partial charge in [-0.1, -0.05) is 68.4 Å². The molecule has 0 saturated carbocycles. The molecule has 0 radical (unpaired) electrons. The molecule has 140 valence electrons. The van der Waals surface area contributed by atoms with Crippen molar-refractivity contribution in [3.05, 3.63) is 84.4 Å². The lowest BCUT2D eigenvalue weighted by molar-refractivity contribution is 0.415. The second-order valence-electron chi connectivity index (χ2n) is 7.37. The van der Waals surface area contributed by atoms with Crippen LogP contribution in [0.3, 0.4) is 0 Å². The number of benzene rings is 3. The van der Waals surface area contributed by atoms with E-state index in [4.69, 9.17) is 4.74 Å². The minimum Gasteiger partial charge on any atom is -0.497 e. The SMILES string of the molecule is COc1ccc(N(CCC(C)C)Cc2ccc(-c3ccccc3)cc2)cc1. The maximum Gasteiger partial charge on any atom is 0.119 e. The lowest BCUT2D eigenvalue weighted by Crippen LogP contribution is -2.24. The van der Waals surface area contributed by atoms with Crippen LogP contribution in [0, 0.1) is 5.92 Å². The van der Waals surface area contributed by atoms with E-state index in [2.05, 4.69) is 85.5 Å². The summed E-state index contributed by atoms with van der Waals surface area (Å²) in [6.07, 6.45) is 1.17. The number of methoxy groups -OCH3 is 1. The van der Waals surface area contributed by atoms with Crippen LogP contribution in [-0.2, 0) is 6.54 Å². The van der Waals surface area contributed by atoms with Crippen LogP contribution >= 0.6 is 0 Å². The van der Waals surface area contributed by atoms with Crippen LogP contribution in [0.1, 0.15) is 25.8 Å². The standard InChI is InChI=1S/C25H29NO/c1-20(2)17-18-26(24-13-15-25(27-3)16-14-24)19-21-9-11-23(12-10-21)22-7-5-4-6-8-22/h4-16,20H,17-19H2,1-3H3. The first-order valence-electron chi connectivity index (χ1n) is 9.69. The second-order valence-corrected chi connectivity index (χ2v) is 7.37. The van der Waals surface area contributed by atoms with Gasteiger partial charge in [0.25, 0.3) is 0 Å². The highest BCUT2D eigenvalue weighted by molar-refractivity contribution is 5.63. The molecule has 0 atom stereocenters. The Balaban J connectivity index is 1.76. The molecule has 3 aromatic rings. The summed E-state index contributed by atoms with van der Waals surface area (Å²) in [7, 11) is 1.71. The van der Waals surface area contributed by atoms with E-state index in [1.54, 1.807) is 7.11 Å². The van der Waals surface area contributed by atoms with Gasteiger partial charge in [0.1, 0.15) is 5.75 Å². The van der Waals surface area contributed by atoms with Crippen LogP contribution in [0.15, 0.2) is 78.9 Å². The van der Waals surface area contributed by atoms with Crippen molar-refractivity contribution >= 4 is 5.69 Å². The average Bonchev–Trinajstić information content (AvgIpc) is 2.72. The monoisotopic (exact) mass is 359 g/mol. The summed E-state index contributed by atoms with van der Waals surface area (Å²) in [5.41, 5.74) is 5.09. The molecule has 27 heavy (non-hydrogen) atoms. The van der Waals surface area contributed by atoms with Crippen LogP contribution in [0.25, 0.3) is 11.1 Å². The van der Waals surface area contributed by atoms with E-state index in [1.807, 2.05) is 12.1 Å². The van der Waals surface area contributed by atoms with Gasteiger partial charge in [0.2, 0.25) is 0 Å². The van der Waals surface area contributed by atoms with Crippen molar-refractivity contribution in [2.45, 2.75) is 26.8 Å². The molecule has 2 nitrogen and oxygen atoms in total. The molecule has 3 rings (SSSR count). The zero-order valence-corrected chi connectivity index (χ0v) is 16.6. The smallest absolute Gasteiger partial charge is 0.119 e. The third kappa shape index (κ3) is 5.37. The third-order valence-corrected chi connectivity index (χ3v) is 4.85. The predicted octanol–water partition coefficient (Wildman–Crippen LogP) is 6.41. The first kappa shape index (κ1) is 19.0. The zero-order valence-electron chi connectivity index (χ0n) is 16.6. The molecule has 0 aliphatic rings. The van der Waals surface area contributed by atoms with Gasteiger partial charge in [0.15, 0.2) is 0 Å². The largest absolute Gasteiger partial charge is 0.497 e. The first-order valence-corrected chi connectivity index (χ1v) is 9.69. The molecule has 0 saturated heterocycles. The van der Waals surface area contributed by atoms with Crippen molar-refractivity contribution in [2.75, 3.05) is 18.6 Å². The topological polar surface area (TPSA) is 12.5 Å². The van der Waals surface area contributed by atoms with Gasteiger partial charge in [-0.25, -0.2) is 0 Å². The molecule has 0 N–H and O–H groups in total. The normalized spacial score (nSPS) is 10.8. The fourth-order valence-corrected chi connectivity index (χ4v) is 3.16. The molecule has 0 aliphatic heterocycles. The molecule has 0 aliphatic carbocycles. The second kappa shape index (κ2) is 9.27. The third-order valence-electron chi connectivity index (χ3n) is 4.85. The maximum atomic E-state index is 5.30. The number of rotatable bonds is 8. The molecule has 3 aromatic carbocycles. The summed E-state index contributed by atoms with van der Waals surface area (Å²) in [5.74, 6) is 1.58. The van der Waals surface area contributed by atoms with Crippen molar-refractivity contribution in [1.82, 2.24) is 0 Å². The van der Waals surface area contributed by atoms with Gasteiger partial charge < -0.3 is 9.64 Å². The molecule has 0 bridgehead atoms. The summed E-state index contributed by atoms with van der Waals surface area (Å²) < 4.78 is 5.30. The number of nitrogens with zero attached hydrogens (tertiary/aromatic N) is 1. The zero-order chi connectivity index (χ0) is 19.1. The Kier molecular flexibility index (Phi) is 6.54. The van der Waals surface area contributed by atoms with Crippen LogP contribution in [0.5, 0.6) is 5.75 Å². The first-order chi connectivity index (χ1) is 13.2. The predicted molar refractivity (Wildman–Crippen MR) is 115 cm³/mol. The highest BCUT2D eigenvalue weighted by atomic mass is 16.5. The van der Waals surface area contributed by atoms with E-state index < -0.39 is 0 Å². The van der Waals surface area contributed by atoms with Gasteiger partial charge in [-0.05, 0) is 53.3 Å². The van der Waals surface area contributed by atoms with Crippen LogP contribution in [0.2, 0.25) is 0 Å². The van der Waals surface area contributed by atoms with Gasteiger partial charge >= 0.3 is 0 Å². The van der Waals surface area contributed by atoms with Crippen molar-refractivity contribution in [1.29, 1.82) is 0 Å². The van der Waals surface area contributed by atoms with Crippen molar-refractivity contribution in [3.63, 3.8) is 0 Å². The van der Waals surface area contributed by atoms with E-state index in [0.29, 0.717) is 5.92 Å². The van der Waals surface area contributed by atoms with Crippen LogP contribution < -0.4 is 9.64 Å². The van der Waals surface area contributed by atoms with Crippen molar-refractivity contribution < 1.29 is 4.74 Å². The van der Waals surface area contributed by atoms with Gasteiger partial charge in [-0.3, -0.25) is 0 Å². The Morgan fingerprint density at radius 2 is 1.41 bits per heavy atom. The quantitative estimate of drug-likeness (QED) is 0.460.